The van der Waals surface area contributed by atoms with Gasteiger partial charge in [-0.1, -0.05) is 0 Å². The van der Waals surface area contributed by atoms with E-state index in [2.05, 4.69) is 5.32 Å². The minimum absolute atomic E-state index is 0.00202. The van der Waals surface area contributed by atoms with Crippen LogP contribution in [-0.2, 0) is 4.74 Å². The van der Waals surface area contributed by atoms with Gasteiger partial charge in [-0.05, 0) is 32.0 Å². The second-order valence-electron chi connectivity index (χ2n) is 4.65. The van der Waals surface area contributed by atoms with E-state index in [1.54, 1.807) is 12.1 Å². The van der Waals surface area contributed by atoms with Crippen LogP contribution in [0.4, 0.5) is 11.4 Å². The van der Waals surface area contributed by atoms with Crippen molar-refractivity contribution >= 4 is 17.3 Å². The molecule has 1 aromatic rings. The predicted molar refractivity (Wildman–Crippen MR) is 78.6 cm³/mol. The van der Waals surface area contributed by atoms with E-state index in [1.807, 2.05) is 38.9 Å². The van der Waals surface area contributed by atoms with Gasteiger partial charge in [-0.2, -0.15) is 0 Å². The Morgan fingerprint density at radius 2 is 2.16 bits per heavy atom. The third-order valence-corrected chi connectivity index (χ3v) is 2.75. The highest BCUT2D eigenvalue weighted by Crippen LogP contribution is 2.21. The second kappa shape index (κ2) is 6.99. The summed E-state index contributed by atoms with van der Waals surface area (Å²) in [5, 5.41) is 2.86. The predicted octanol–water partition coefficient (Wildman–Crippen LogP) is 1.49. The van der Waals surface area contributed by atoms with Gasteiger partial charge in [-0.15, -0.1) is 0 Å². The molecule has 19 heavy (non-hydrogen) atoms. The zero-order chi connectivity index (χ0) is 14.4. The summed E-state index contributed by atoms with van der Waals surface area (Å²) in [5.41, 5.74) is 7.74. The molecular formula is C14H23N3O2. The van der Waals surface area contributed by atoms with Crippen LogP contribution in [0.25, 0.3) is 0 Å². The van der Waals surface area contributed by atoms with Crippen LogP contribution in [0.3, 0.4) is 0 Å². The third kappa shape index (κ3) is 4.44. The highest BCUT2D eigenvalue weighted by Gasteiger charge is 2.14. The molecule has 3 N–H and O–H groups in total. The van der Waals surface area contributed by atoms with Crippen LogP contribution in [-0.4, -0.2) is 39.3 Å². The molecule has 5 heteroatoms. The van der Waals surface area contributed by atoms with Crippen molar-refractivity contribution in [3.8, 4) is 0 Å². The van der Waals surface area contributed by atoms with Gasteiger partial charge < -0.3 is 20.7 Å². The molecule has 0 heterocycles. The molecule has 0 saturated carbocycles. The Morgan fingerprint density at radius 1 is 1.47 bits per heavy atom. The zero-order valence-electron chi connectivity index (χ0n) is 12.1. The fourth-order valence-electron chi connectivity index (χ4n) is 1.80. The van der Waals surface area contributed by atoms with Crippen LogP contribution in [0.5, 0.6) is 0 Å². The molecule has 1 unspecified atom stereocenters. The Bertz CT molecular complexity index is 433. The Balaban J connectivity index is 2.78. The molecule has 106 valence electrons. The molecule has 0 saturated heterocycles. The molecule has 0 aliphatic carbocycles. The first-order valence-corrected chi connectivity index (χ1v) is 6.42. The summed E-state index contributed by atoms with van der Waals surface area (Å²) in [7, 11) is 3.79. The molecule has 1 atom stereocenters. The van der Waals surface area contributed by atoms with Gasteiger partial charge in [0.25, 0.3) is 5.91 Å². The number of rotatable bonds is 6. The van der Waals surface area contributed by atoms with Crippen molar-refractivity contribution in [2.45, 2.75) is 20.0 Å². The number of nitrogens with zero attached hydrogens (tertiary/aromatic N) is 1. The number of hydrogen-bond acceptors (Lipinski definition) is 4. The highest BCUT2D eigenvalue weighted by molar-refractivity contribution is 6.00. The third-order valence-electron chi connectivity index (χ3n) is 2.75. The van der Waals surface area contributed by atoms with Crippen molar-refractivity contribution in [1.29, 1.82) is 0 Å². The van der Waals surface area contributed by atoms with E-state index in [0.29, 0.717) is 24.4 Å². The summed E-state index contributed by atoms with van der Waals surface area (Å²) in [6.07, 6.45) is -0.00202. The van der Waals surface area contributed by atoms with E-state index < -0.39 is 0 Å². The molecule has 0 bridgehead atoms. The molecule has 0 aliphatic heterocycles. The number of carbonyl (C=O) groups excluding carboxylic acids is 1. The van der Waals surface area contributed by atoms with Crippen LogP contribution >= 0.6 is 0 Å². The average molecular weight is 265 g/mol. The average Bonchev–Trinajstić information content (AvgIpc) is 2.35. The molecule has 0 aliphatic rings. The van der Waals surface area contributed by atoms with Gasteiger partial charge >= 0.3 is 0 Å². The standard InChI is InChI=1S/C14H23N3O2/c1-5-19-10(2)9-16-14(18)12-8-11(15)6-7-13(12)17(3)4/h6-8,10H,5,9,15H2,1-4H3,(H,16,18). The second-order valence-corrected chi connectivity index (χ2v) is 4.65. The van der Waals surface area contributed by atoms with Crippen LogP contribution in [0.1, 0.15) is 24.2 Å². The Labute approximate surface area is 114 Å². The summed E-state index contributed by atoms with van der Waals surface area (Å²) >= 11 is 0. The molecule has 1 rings (SSSR count). The van der Waals surface area contributed by atoms with Crippen molar-refractivity contribution < 1.29 is 9.53 Å². The first kappa shape index (κ1) is 15.3. The largest absolute Gasteiger partial charge is 0.399 e. The van der Waals surface area contributed by atoms with Crippen LogP contribution < -0.4 is 16.0 Å². The minimum Gasteiger partial charge on any atom is -0.399 e. The lowest BCUT2D eigenvalue weighted by Crippen LogP contribution is -2.33. The van der Waals surface area contributed by atoms with Gasteiger partial charge in [0.2, 0.25) is 0 Å². The first-order valence-electron chi connectivity index (χ1n) is 6.42. The molecule has 0 aromatic heterocycles. The number of hydrogen-bond donors (Lipinski definition) is 2. The van der Waals surface area contributed by atoms with Crippen molar-refractivity contribution in [3.63, 3.8) is 0 Å². The zero-order valence-corrected chi connectivity index (χ0v) is 12.1. The van der Waals surface area contributed by atoms with Crippen LogP contribution in [0.15, 0.2) is 18.2 Å². The number of nitrogens with one attached hydrogen (secondary N) is 1. The van der Waals surface area contributed by atoms with Gasteiger partial charge in [-0.25, -0.2) is 0 Å². The van der Waals surface area contributed by atoms with Crippen molar-refractivity contribution in [1.82, 2.24) is 5.32 Å². The Morgan fingerprint density at radius 3 is 2.74 bits per heavy atom. The van der Waals surface area contributed by atoms with E-state index in [1.165, 1.54) is 0 Å². The Kier molecular flexibility index (Phi) is 5.63. The van der Waals surface area contributed by atoms with Gasteiger partial charge in [0.05, 0.1) is 11.7 Å². The van der Waals surface area contributed by atoms with Gasteiger partial charge in [-0.3, -0.25) is 4.79 Å². The van der Waals surface area contributed by atoms with Gasteiger partial charge in [0.15, 0.2) is 0 Å². The quantitative estimate of drug-likeness (QED) is 0.765. The fraction of sp³-hybridized carbons (Fsp3) is 0.500. The summed E-state index contributed by atoms with van der Waals surface area (Å²) < 4.78 is 5.38. The molecule has 1 aromatic carbocycles. The molecule has 5 nitrogen and oxygen atoms in total. The summed E-state index contributed by atoms with van der Waals surface area (Å²) in [4.78, 5) is 14.1. The number of nitrogen functional groups attached to an aromatic ring is 1. The van der Waals surface area contributed by atoms with E-state index in [9.17, 15) is 4.79 Å². The molecule has 1 amide bonds. The monoisotopic (exact) mass is 265 g/mol. The molecule has 0 radical (unpaired) electrons. The van der Waals surface area contributed by atoms with E-state index in [4.69, 9.17) is 10.5 Å². The topological polar surface area (TPSA) is 67.6 Å². The highest BCUT2D eigenvalue weighted by atomic mass is 16.5. The van der Waals surface area contributed by atoms with E-state index >= 15 is 0 Å². The number of nitrogens with two attached hydrogens (primary N) is 1. The number of benzene rings is 1. The van der Waals surface area contributed by atoms with Crippen LogP contribution in [0, 0.1) is 0 Å². The molecular weight excluding hydrogens is 242 g/mol. The first-order chi connectivity index (χ1) is 8.95. The maximum Gasteiger partial charge on any atom is 0.253 e. The van der Waals surface area contributed by atoms with Crippen molar-refractivity contribution in [2.75, 3.05) is 37.9 Å². The van der Waals surface area contributed by atoms with Gasteiger partial charge in [0.1, 0.15) is 0 Å². The van der Waals surface area contributed by atoms with Gasteiger partial charge in [0, 0.05) is 38.6 Å². The van der Waals surface area contributed by atoms with Crippen LogP contribution in [0.2, 0.25) is 0 Å². The molecule has 0 spiro atoms. The van der Waals surface area contributed by atoms with Crippen molar-refractivity contribution in [3.05, 3.63) is 23.8 Å². The smallest absolute Gasteiger partial charge is 0.253 e. The molecule has 0 fully saturated rings. The number of ether oxygens (including phenoxy) is 1. The maximum atomic E-state index is 12.2. The summed E-state index contributed by atoms with van der Waals surface area (Å²) in [6, 6.07) is 5.32. The van der Waals surface area contributed by atoms with E-state index in [0.717, 1.165) is 5.69 Å². The summed E-state index contributed by atoms with van der Waals surface area (Å²) in [5.74, 6) is -0.137. The maximum absolute atomic E-state index is 12.2. The number of carbonyl (C=O) groups is 1. The lowest BCUT2D eigenvalue weighted by molar-refractivity contribution is 0.0695. The summed E-state index contributed by atoms with van der Waals surface area (Å²) in [6.45, 7) is 4.98. The number of anilines is 2. The fourth-order valence-corrected chi connectivity index (χ4v) is 1.80. The number of amides is 1. The lowest BCUT2D eigenvalue weighted by Gasteiger charge is -2.18. The normalized spacial score (nSPS) is 12.0. The SMILES string of the molecule is CCOC(C)CNC(=O)c1cc(N)ccc1N(C)C. The van der Waals surface area contributed by atoms with E-state index in [-0.39, 0.29) is 12.0 Å². The minimum atomic E-state index is -0.137. The van der Waals surface area contributed by atoms with Crippen molar-refractivity contribution in [2.24, 2.45) is 0 Å². The Hall–Kier alpha value is -1.75. The lowest BCUT2D eigenvalue weighted by atomic mass is 10.1.